The van der Waals surface area contributed by atoms with Crippen molar-refractivity contribution in [1.82, 2.24) is 0 Å². The van der Waals surface area contributed by atoms with Gasteiger partial charge in [-0.3, -0.25) is 0 Å². The molecular weight excluding hydrogens is 128 g/mol. The van der Waals surface area contributed by atoms with E-state index in [0.717, 1.165) is 6.08 Å². The lowest BCUT2D eigenvalue weighted by molar-refractivity contribution is -0.139. The van der Waals surface area contributed by atoms with Crippen molar-refractivity contribution in [2.24, 2.45) is 5.41 Å². The molecular formula is C8H12O2. The summed E-state index contributed by atoms with van der Waals surface area (Å²) < 4.78 is 4.67. The highest BCUT2D eigenvalue weighted by Gasteiger charge is 2.11. The predicted molar refractivity (Wildman–Crippen MR) is 40.0 cm³/mol. The first kappa shape index (κ1) is 9.21. The first-order valence-corrected chi connectivity index (χ1v) is 2.95. The van der Waals surface area contributed by atoms with E-state index < -0.39 is 11.4 Å². The molecule has 10 heavy (non-hydrogen) atoms. The first-order valence-electron chi connectivity index (χ1n) is 2.95. The van der Waals surface area contributed by atoms with Crippen LogP contribution in [0.4, 0.5) is 0 Å². The van der Waals surface area contributed by atoms with E-state index in [2.05, 4.69) is 25.2 Å². The van der Waals surface area contributed by atoms with Gasteiger partial charge >= 0.3 is 5.97 Å². The summed E-state index contributed by atoms with van der Waals surface area (Å²) in [5.74, 6) is -0.432. The van der Waals surface area contributed by atoms with Crippen LogP contribution in [0.2, 0.25) is 0 Å². The van der Waals surface area contributed by atoms with Gasteiger partial charge in [-0.25, -0.2) is 4.79 Å². The molecule has 0 fully saturated rings. The second-order valence-electron chi connectivity index (χ2n) is 2.62. The van der Waals surface area contributed by atoms with Crippen molar-refractivity contribution in [2.45, 2.75) is 6.92 Å². The van der Waals surface area contributed by atoms with Crippen molar-refractivity contribution in [2.75, 3.05) is 6.61 Å². The van der Waals surface area contributed by atoms with Crippen LogP contribution in [0.1, 0.15) is 6.92 Å². The van der Waals surface area contributed by atoms with Crippen molar-refractivity contribution in [1.29, 1.82) is 0 Å². The SMILES string of the molecule is [CH2]C([CH2])(C)COC(=O)C=C. The van der Waals surface area contributed by atoms with Crippen molar-refractivity contribution >= 4 is 5.97 Å². The Morgan fingerprint density at radius 3 is 2.50 bits per heavy atom. The van der Waals surface area contributed by atoms with Crippen LogP contribution in [-0.2, 0) is 9.53 Å². The largest absolute Gasteiger partial charge is 0.462 e. The van der Waals surface area contributed by atoms with Crippen molar-refractivity contribution in [3.05, 3.63) is 26.5 Å². The van der Waals surface area contributed by atoms with Crippen LogP contribution in [0.25, 0.3) is 0 Å². The van der Waals surface area contributed by atoms with Crippen LogP contribution >= 0.6 is 0 Å². The molecule has 0 rings (SSSR count). The Balaban J connectivity index is 3.55. The highest BCUT2D eigenvalue weighted by molar-refractivity contribution is 5.81. The minimum absolute atomic E-state index is 0.220. The van der Waals surface area contributed by atoms with Crippen LogP contribution in [0.5, 0.6) is 0 Å². The number of esters is 1. The van der Waals surface area contributed by atoms with Gasteiger partial charge in [0.15, 0.2) is 0 Å². The van der Waals surface area contributed by atoms with Gasteiger partial charge in [0, 0.05) is 11.5 Å². The zero-order valence-corrected chi connectivity index (χ0v) is 6.22. The lowest BCUT2D eigenvalue weighted by Gasteiger charge is -2.16. The Morgan fingerprint density at radius 1 is 1.70 bits per heavy atom. The molecule has 0 aliphatic rings. The van der Waals surface area contributed by atoms with Crippen molar-refractivity contribution in [3.8, 4) is 0 Å². The lowest BCUT2D eigenvalue weighted by Crippen LogP contribution is -2.17. The second-order valence-corrected chi connectivity index (χ2v) is 2.62. The molecule has 0 aromatic rings. The molecule has 2 heteroatoms. The van der Waals surface area contributed by atoms with Crippen LogP contribution in [0, 0.1) is 19.3 Å². The van der Waals surface area contributed by atoms with E-state index in [4.69, 9.17) is 0 Å². The minimum atomic E-state index is -0.460. The second kappa shape index (κ2) is 3.40. The van der Waals surface area contributed by atoms with E-state index in [9.17, 15) is 4.79 Å². The van der Waals surface area contributed by atoms with Gasteiger partial charge in [-0.15, -0.1) is 0 Å². The summed E-state index contributed by atoms with van der Waals surface area (Å²) in [4.78, 5) is 10.5. The van der Waals surface area contributed by atoms with Crippen LogP contribution in [0.3, 0.4) is 0 Å². The maximum absolute atomic E-state index is 10.5. The highest BCUT2D eigenvalue weighted by atomic mass is 16.5. The summed E-state index contributed by atoms with van der Waals surface area (Å²) in [6.45, 7) is 12.6. The molecule has 0 saturated heterocycles. The molecule has 2 nitrogen and oxygen atoms in total. The normalized spacial score (nSPS) is 10.7. The van der Waals surface area contributed by atoms with E-state index in [-0.39, 0.29) is 6.61 Å². The number of hydrogen-bond acceptors (Lipinski definition) is 2. The van der Waals surface area contributed by atoms with Gasteiger partial charge in [0.2, 0.25) is 0 Å². The van der Waals surface area contributed by atoms with Crippen molar-refractivity contribution in [3.63, 3.8) is 0 Å². The molecule has 56 valence electrons. The molecule has 0 bridgehead atoms. The van der Waals surface area contributed by atoms with E-state index in [1.807, 2.05) is 0 Å². The third-order valence-electron chi connectivity index (χ3n) is 0.730. The minimum Gasteiger partial charge on any atom is -0.462 e. The average molecular weight is 140 g/mol. The molecule has 0 N–H and O–H groups in total. The zero-order chi connectivity index (χ0) is 8.20. The number of rotatable bonds is 3. The zero-order valence-electron chi connectivity index (χ0n) is 6.22. The summed E-state index contributed by atoms with van der Waals surface area (Å²) in [5, 5.41) is 0. The Kier molecular flexibility index (Phi) is 3.13. The predicted octanol–water partition coefficient (Wildman–Crippen LogP) is 1.39. The fraction of sp³-hybridized carbons (Fsp3) is 0.375. The summed E-state index contributed by atoms with van der Waals surface area (Å²) >= 11 is 0. The first-order chi connectivity index (χ1) is 4.45. The summed E-state index contributed by atoms with van der Waals surface area (Å²) in [5.41, 5.74) is -0.460. The Hall–Kier alpha value is -0.790. The lowest BCUT2D eigenvalue weighted by atomic mass is 9.99. The third kappa shape index (κ3) is 5.35. The molecule has 0 heterocycles. The van der Waals surface area contributed by atoms with E-state index in [1.165, 1.54) is 0 Å². The number of ether oxygens (including phenoxy) is 1. The third-order valence-corrected chi connectivity index (χ3v) is 0.730. The number of hydrogen-bond donors (Lipinski definition) is 0. The number of carbonyl (C=O) groups is 1. The molecule has 0 amide bonds. The van der Waals surface area contributed by atoms with Gasteiger partial charge in [0.1, 0.15) is 0 Å². The van der Waals surface area contributed by atoms with E-state index >= 15 is 0 Å². The van der Waals surface area contributed by atoms with Gasteiger partial charge in [-0.2, -0.15) is 0 Å². The number of carbonyl (C=O) groups excluding carboxylic acids is 1. The Labute approximate surface area is 61.9 Å². The van der Waals surface area contributed by atoms with Gasteiger partial charge in [0.25, 0.3) is 0 Å². The fourth-order valence-corrected chi connectivity index (χ4v) is 0.304. The molecule has 0 aliphatic heterocycles. The molecule has 0 spiro atoms. The maximum Gasteiger partial charge on any atom is 0.330 e. The molecule has 2 radical (unpaired) electrons. The Bertz CT molecular complexity index is 131. The molecule has 0 aliphatic carbocycles. The average Bonchev–Trinajstić information content (AvgIpc) is 1.81. The monoisotopic (exact) mass is 140 g/mol. The van der Waals surface area contributed by atoms with E-state index in [1.54, 1.807) is 6.92 Å². The van der Waals surface area contributed by atoms with Crippen LogP contribution in [0.15, 0.2) is 12.7 Å². The van der Waals surface area contributed by atoms with E-state index in [0.29, 0.717) is 0 Å². The van der Waals surface area contributed by atoms with Crippen molar-refractivity contribution < 1.29 is 9.53 Å². The van der Waals surface area contributed by atoms with Crippen LogP contribution in [-0.4, -0.2) is 12.6 Å². The van der Waals surface area contributed by atoms with Gasteiger partial charge < -0.3 is 4.74 Å². The summed E-state index contributed by atoms with van der Waals surface area (Å²) in [6.07, 6.45) is 1.12. The maximum atomic E-state index is 10.5. The molecule has 0 saturated carbocycles. The Morgan fingerprint density at radius 2 is 2.20 bits per heavy atom. The van der Waals surface area contributed by atoms with Gasteiger partial charge in [0.05, 0.1) is 6.61 Å². The van der Waals surface area contributed by atoms with Gasteiger partial charge in [-0.05, 0) is 13.8 Å². The molecule has 0 atom stereocenters. The van der Waals surface area contributed by atoms with Crippen LogP contribution < -0.4 is 0 Å². The molecule has 0 aromatic carbocycles. The molecule has 0 unspecified atom stereocenters. The standard InChI is InChI=1S/C8H12O2/c1-5-7(9)10-6-8(2,3)4/h5H,1-3,6H2,4H3. The van der Waals surface area contributed by atoms with Gasteiger partial charge in [-0.1, -0.05) is 13.5 Å². The quantitative estimate of drug-likeness (QED) is 0.437. The molecule has 0 aromatic heterocycles. The summed E-state index contributed by atoms with van der Waals surface area (Å²) in [7, 11) is 0. The smallest absolute Gasteiger partial charge is 0.330 e. The summed E-state index contributed by atoms with van der Waals surface area (Å²) in [6, 6.07) is 0. The topological polar surface area (TPSA) is 26.3 Å². The fourth-order valence-electron chi connectivity index (χ4n) is 0.304. The highest BCUT2D eigenvalue weighted by Crippen LogP contribution is 2.11.